The van der Waals surface area contributed by atoms with Crippen LogP contribution >= 0.6 is 0 Å². The third-order valence-electron chi connectivity index (χ3n) is 7.16. The van der Waals surface area contributed by atoms with E-state index >= 15 is 0 Å². The van der Waals surface area contributed by atoms with Crippen molar-refractivity contribution in [2.75, 3.05) is 0 Å². The molecule has 0 aliphatic heterocycles. The molecule has 196 valence electrons. The van der Waals surface area contributed by atoms with Gasteiger partial charge in [-0.1, -0.05) is 96.4 Å². The number of fused-ring (bicyclic) bond motifs is 10. The summed E-state index contributed by atoms with van der Waals surface area (Å²) in [6.07, 6.45) is 13.0. The molecule has 40 heavy (non-hydrogen) atoms. The van der Waals surface area contributed by atoms with Crippen LogP contribution in [0, 0.1) is 12.2 Å². The molecule has 0 unspecified atom stereocenters. The zero-order valence-corrected chi connectivity index (χ0v) is 25.6. The molecule has 3 heteroatoms. The first-order valence-corrected chi connectivity index (χ1v) is 13.9. The summed E-state index contributed by atoms with van der Waals surface area (Å²) >= 11 is 2.08. The normalized spacial score (nSPS) is 12.1. The Morgan fingerprint density at radius 1 is 0.525 bits per heavy atom. The average molecular weight is 591 g/mol. The van der Waals surface area contributed by atoms with Crippen LogP contribution < -0.4 is 24.8 Å². The number of halogens is 2. The molecule has 2 aliphatic rings. The van der Waals surface area contributed by atoms with Gasteiger partial charge in [0.15, 0.2) is 0 Å². The third-order valence-corrected chi connectivity index (χ3v) is 7.16. The van der Waals surface area contributed by atoms with Crippen LogP contribution in [0.2, 0.25) is 0 Å². The first-order chi connectivity index (χ1) is 18.6. The second-order valence-electron chi connectivity index (χ2n) is 10.1. The summed E-state index contributed by atoms with van der Waals surface area (Å²) in [5.41, 5.74) is 5.38. The average Bonchev–Trinajstić information content (AvgIpc) is 3.62. The van der Waals surface area contributed by atoms with E-state index < -0.39 is 0 Å². The molecular weight excluding hydrogens is 563 g/mol. The Kier molecular flexibility index (Phi) is 9.83. The van der Waals surface area contributed by atoms with E-state index in [1.165, 1.54) is 69.2 Å². The zero-order valence-electron chi connectivity index (χ0n) is 22.6. The first kappa shape index (κ1) is 30.0. The fourth-order valence-electron chi connectivity index (χ4n) is 5.57. The molecule has 8 rings (SSSR count). The third kappa shape index (κ3) is 5.87. The molecular formula is C37H28Cl2Ti-2. The molecule has 0 heterocycles. The molecule has 2 aliphatic carbocycles. The minimum absolute atomic E-state index is 0. The van der Waals surface area contributed by atoms with Gasteiger partial charge >= 0.3 is 37.6 Å². The molecule has 0 bridgehead atoms. The van der Waals surface area contributed by atoms with E-state index in [9.17, 15) is 0 Å². The van der Waals surface area contributed by atoms with Crippen LogP contribution in [0.5, 0.6) is 0 Å². The van der Waals surface area contributed by atoms with Crippen LogP contribution in [0.15, 0.2) is 109 Å². The minimum Gasteiger partial charge on any atom is -1.00 e. The second kappa shape index (κ2) is 13.1. The number of hydrogen-bond donors (Lipinski definition) is 0. The van der Waals surface area contributed by atoms with Crippen molar-refractivity contribution >= 4 is 46.9 Å². The maximum absolute atomic E-state index is 3.33. The van der Waals surface area contributed by atoms with E-state index in [1.807, 2.05) is 0 Å². The van der Waals surface area contributed by atoms with Crippen LogP contribution in [0.3, 0.4) is 0 Å². The molecule has 6 aromatic carbocycles. The Bertz CT molecular complexity index is 1770. The van der Waals surface area contributed by atoms with E-state index in [-0.39, 0.29) is 24.8 Å². The van der Waals surface area contributed by atoms with Crippen molar-refractivity contribution < 1.29 is 44.8 Å². The Morgan fingerprint density at radius 3 is 1.30 bits per heavy atom. The molecule has 0 radical (unpaired) electrons. The van der Waals surface area contributed by atoms with E-state index in [4.69, 9.17) is 0 Å². The molecule has 0 atom stereocenters. The molecule has 6 aromatic rings. The Hall–Kier alpha value is -3.00. The van der Waals surface area contributed by atoms with Gasteiger partial charge in [0.25, 0.3) is 0 Å². The summed E-state index contributed by atoms with van der Waals surface area (Å²) in [5, 5.41) is 10.8. The van der Waals surface area contributed by atoms with Crippen molar-refractivity contribution in [2.45, 2.75) is 26.7 Å². The van der Waals surface area contributed by atoms with Crippen LogP contribution in [-0.4, -0.2) is 3.81 Å². The molecule has 0 amide bonds. The van der Waals surface area contributed by atoms with E-state index in [0.717, 1.165) is 12.8 Å². The maximum atomic E-state index is 3.33. The first-order valence-electron chi connectivity index (χ1n) is 13.1. The van der Waals surface area contributed by atoms with Crippen molar-refractivity contribution in [1.82, 2.24) is 0 Å². The molecule has 0 nitrogen and oxygen atoms in total. The quantitative estimate of drug-likeness (QED) is 0.145. The van der Waals surface area contributed by atoms with E-state index in [1.54, 1.807) is 0 Å². The maximum Gasteiger partial charge on any atom is -0.0188 e. The monoisotopic (exact) mass is 590 g/mol. The Labute approximate surface area is 260 Å². The van der Waals surface area contributed by atoms with E-state index in [2.05, 4.69) is 155 Å². The Balaban J connectivity index is 0.000000157. The standard InChI is InChI=1S/2C17H11.C3H6.2ClH.Ti/c2*1-2-6-15-12(4-1)8-10-14-11-9-13-5-3-7-16(13)17(14)15;1-3-2;;;/h2*1-4,6,8-11H,7H2;1-2H3;2*1H;/q2*-1;;;;+2/p-2. The van der Waals surface area contributed by atoms with Crippen LogP contribution in [0.1, 0.15) is 36.1 Å². The number of benzene rings is 6. The molecule has 0 saturated carbocycles. The number of hydrogen-bond acceptors (Lipinski definition) is 0. The fraction of sp³-hybridized carbons (Fsp3) is 0.108. The van der Waals surface area contributed by atoms with Gasteiger partial charge in [-0.05, 0) is 32.3 Å². The van der Waals surface area contributed by atoms with E-state index in [0.29, 0.717) is 0 Å². The van der Waals surface area contributed by atoms with Gasteiger partial charge in [0.05, 0.1) is 0 Å². The molecule has 0 fully saturated rings. The molecule has 0 aromatic heterocycles. The van der Waals surface area contributed by atoms with Gasteiger partial charge in [0, 0.05) is 0 Å². The van der Waals surface area contributed by atoms with Gasteiger partial charge in [-0.25, -0.2) is 0 Å². The van der Waals surface area contributed by atoms with Gasteiger partial charge in [-0.3, -0.25) is 0 Å². The number of rotatable bonds is 0. The van der Waals surface area contributed by atoms with Crippen molar-refractivity contribution in [3.05, 3.63) is 144 Å². The van der Waals surface area contributed by atoms with Gasteiger partial charge in [-0.15, -0.1) is 23.3 Å². The predicted molar refractivity (Wildman–Crippen MR) is 161 cm³/mol. The Morgan fingerprint density at radius 2 is 0.875 bits per heavy atom. The van der Waals surface area contributed by atoms with Gasteiger partial charge in [0.1, 0.15) is 0 Å². The topological polar surface area (TPSA) is 0 Å². The van der Waals surface area contributed by atoms with Crippen molar-refractivity contribution in [3.63, 3.8) is 0 Å². The summed E-state index contributed by atoms with van der Waals surface area (Å²) in [4.78, 5) is 0. The van der Waals surface area contributed by atoms with Gasteiger partial charge in [-0.2, -0.15) is 47.6 Å². The van der Waals surface area contributed by atoms with Crippen molar-refractivity contribution in [2.24, 2.45) is 0 Å². The second-order valence-corrected chi connectivity index (χ2v) is 11.6. The molecule has 0 spiro atoms. The number of allylic oxidation sites excluding steroid dienone is 2. The van der Waals surface area contributed by atoms with Crippen molar-refractivity contribution in [1.29, 1.82) is 0 Å². The smallest absolute Gasteiger partial charge is 0.0188 e. The zero-order chi connectivity index (χ0) is 26.1. The fourth-order valence-corrected chi connectivity index (χ4v) is 5.57. The predicted octanol–water partition coefficient (Wildman–Crippen LogP) is 3.27. The van der Waals surface area contributed by atoms with Gasteiger partial charge in [0.2, 0.25) is 0 Å². The summed E-state index contributed by atoms with van der Waals surface area (Å²) in [6, 6.07) is 34.8. The largest absolute Gasteiger partial charge is 1.00 e. The SMILES string of the molecule is C[C](C)=[Ti+2].[C-]1=CCc2c1ccc1ccc3ccccc3c21.[C-]1=CCc2c1ccc1ccc3ccccc3c21.[Cl-].[Cl-]. The summed E-state index contributed by atoms with van der Waals surface area (Å²) in [5.74, 6) is 0. The minimum atomic E-state index is 0. The van der Waals surface area contributed by atoms with Crippen LogP contribution in [0.25, 0.3) is 43.1 Å². The summed E-state index contributed by atoms with van der Waals surface area (Å²) in [6.45, 7) is 4.17. The van der Waals surface area contributed by atoms with Crippen LogP contribution in [-0.2, 0) is 32.8 Å². The van der Waals surface area contributed by atoms with Crippen LogP contribution in [0.4, 0.5) is 0 Å². The molecule has 0 N–H and O–H groups in total. The summed E-state index contributed by atoms with van der Waals surface area (Å²) < 4.78 is 1.42. The molecule has 0 saturated heterocycles. The van der Waals surface area contributed by atoms with Gasteiger partial charge < -0.3 is 24.8 Å². The van der Waals surface area contributed by atoms with Crippen molar-refractivity contribution in [3.8, 4) is 0 Å². The summed E-state index contributed by atoms with van der Waals surface area (Å²) in [7, 11) is 0.